The Morgan fingerprint density at radius 1 is 1.17 bits per heavy atom. The lowest BCUT2D eigenvalue weighted by Gasteiger charge is -2.39. The molecule has 24 heavy (non-hydrogen) atoms. The minimum absolute atomic E-state index is 0.0586. The van der Waals surface area contributed by atoms with Crippen LogP contribution in [0.4, 0.5) is 5.69 Å². The van der Waals surface area contributed by atoms with Crippen molar-refractivity contribution >= 4 is 17.5 Å². The van der Waals surface area contributed by atoms with Gasteiger partial charge in [-0.1, -0.05) is 26.0 Å². The van der Waals surface area contributed by atoms with Gasteiger partial charge < -0.3 is 10.2 Å². The second-order valence-corrected chi connectivity index (χ2v) is 7.19. The smallest absolute Gasteiger partial charge is 0.239 e. The monoisotopic (exact) mass is 330 g/mol. The molecule has 4 heteroatoms. The Hall–Kier alpha value is -1.84. The lowest BCUT2D eigenvalue weighted by atomic mass is 9.87. The number of likely N-dealkylation sites (tertiary alicyclic amines) is 1. The molecule has 1 aromatic carbocycles. The molecule has 2 rings (SSSR count). The first-order valence-electron chi connectivity index (χ1n) is 9.11. The van der Waals surface area contributed by atoms with Crippen LogP contribution in [0.3, 0.4) is 0 Å². The number of hydrogen-bond donors (Lipinski definition) is 1. The molecule has 4 nitrogen and oxygen atoms in total. The van der Waals surface area contributed by atoms with Crippen molar-refractivity contribution < 1.29 is 9.59 Å². The number of carbonyl (C=O) groups excluding carboxylic acids is 2. The minimum atomic E-state index is -1.06. The van der Waals surface area contributed by atoms with Crippen molar-refractivity contribution in [3.05, 3.63) is 29.8 Å². The summed E-state index contributed by atoms with van der Waals surface area (Å²) in [5.41, 5.74) is 0.903. The number of amides is 2. The fraction of sp³-hybridized carbons (Fsp3) is 0.600. The van der Waals surface area contributed by atoms with Crippen LogP contribution in [0, 0.1) is 5.41 Å². The zero-order valence-electron chi connectivity index (χ0n) is 15.4. The van der Waals surface area contributed by atoms with Gasteiger partial charge in [-0.05, 0) is 63.6 Å². The van der Waals surface area contributed by atoms with Crippen molar-refractivity contribution in [2.24, 2.45) is 5.41 Å². The molecule has 0 bridgehead atoms. The summed E-state index contributed by atoms with van der Waals surface area (Å²) in [6.45, 7) is 8.43. The van der Waals surface area contributed by atoms with E-state index in [0.29, 0.717) is 0 Å². The highest BCUT2D eigenvalue weighted by Gasteiger charge is 2.41. The molecule has 1 aliphatic heterocycles. The fourth-order valence-electron chi connectivity index (χ4n) is 3.26. The van der Waals surface area contributed by atoms with Gasteiger partial charge in [0.25, 0.3) is 0 Å². The van der Waals surface area contributed by atoms with E-state index in [4.69, 9.17) is 0 Å². The lowest BCUT2D eigenvalue weighted by Crippen LogP contribution is -2.52. The number of rotatable bonds is 5. The van der Waals surface area contributed by atoms with E-state index >= 15 is 0 Å². The molecular formula is C20H30N2O2. The Balaban J connectivity index is 2.09. The second-order valence-electron chi connectivity index (χ2n) is 7.19. The average molecular weight is 330 g/mol. The molecule has 1 fully saturated rings. The number of piperidine rings is 1. The Morgan fingerprint density at radius 2 is 1.83 bits per heavy atom. The van der Waals surface area contributed by atoms with Crippen LogP contribution in [-0.2, 0) is 16.0 Å². The topological polar surface area (TPSA) is 49.4 Å². The van der Waals surface area contributed by atoms with Crippen molar-refractivity contribution in [2.75, 3.05) is 11.9 Å². The van der Waals surface area contributed by atoms with Crippen LogP contribution in [0.25, 0.3) is 0 Å². The number of nitrogens with zero attached hydrogens (tertiary/aromatic N) is 1. The van der Waals surface area contributed by atoms with Crippen molar-refractivity contribution in [3.63, 3.8) is 0 Å². The molecule has 1 heterocycles. The summed E-state index contributed by atoms with van der Waals surface area (Å²) in [6, 6.07) is 8.06. The maximum Gasteiger partial charge on any atom is 0.239 e. The van der Waals surface area contributed by atoms with Gasteiger partial charge in [-0.2, -0.15) is 0 Å². The van der Waals surface area contributed by atoms with E-state index in [9.17, 15) is 9.59 Å². The van der Waals surface area contributed by atoms with E-state index in [1.165, 1.54) is 12.0 Å². The van der Waals surface area contributed by atoms with Crippen LogP contribution in [0.5, 0.6) is 0 Å². The fourth-order valence-corrected chi connectivity index (χ4v) is 3.26. The summed E-state index contributed by atoms with van der Waals surface area (Å²) >= 11 is 0. The van der Waals surface area contributed by atoms with Crippen molar-refractivity contribution in [2.45, 2.75) is 65.8 Å². The van der Waals surface area contributed by atoms with Crippen LogP contribution >= 0.6 is 0 Å². The third-order valence-corrected chi connectivity index (χ3v) is 5.08. The molecule has 1 saturated heterocycles. The standard InChI is InChI=1S/C20H30N2O2/c1-5-15-10-12-16(13-11-15)21-18(23)20(3,4)19(24)22-14-8-7-9-17(22)6-2/h10-13,17H,5-9,14H2,1-4H3,(H,21,23). The van der Waals surface area contributed by atoms with E-state index in [1.54, 1.807) is 13.8 Å². The van der Waals surface area contributed by atoms with Crippen LogP contribution < -0.4 is 5.32 Å². The Morgan fingerprint density at radius 3 is 2.42 bits per heavy atom. The van der Waals surface area contributed by atoms with Crippen LogP contribution in [0.2, 0.25) is 0 Å². The Bertz CT molecular complexity index is 578. The number of anilines is 1. The van der Waals surface area contributed by atoms with Gasteiger partial charge in [0.1, 0.15) is 5.41 Å². The number of carbonyl (C=O) groups is 2. The summed E-state index contributed by atoms with van der Waals surface area (Å²) in [5, 5.41) is 2.90. The highest BCUT2D eigenvalue weighted by molar-refractivity contribution is 6.09. The van der Waals surface area contributed by atoms with Gasteiger partial charge in [-0.25, -0.2) is 0 Å². The molecule has 1 N–H and O–H groups in total. The van der Waals surface area contributed by atoms with Crippen LogP contribution in [-0.4, -0.2) is 29.3 Å². The predicted octanol–water partition coefficient (Wildman–Crippen LogP) is 4.00. The van der Waals surface area contributed by atoms with E-state index in [2.05, 4.69) is 19.2 Å². The highest BCUT2D eigenvalue weighted by Crippen LogP contribution is 2.28. The zero-order valence-corrected chi connectivity index (χ0v) is 15.4. The third kappa shape index (κ3) is 3.97. The molecule has 2 amide bonds. The summed E-state index contributed by atoms with van der Waals surface area (Å²) in [7, 11) is 0. The van der Waals surface area contributed by atoms with Gasteiger partial charge in [0, 0.05) is 18.3 Å². The SMILES string of the molecule is CCc1ccc(NC(=O)C(C)(C)C(=O)N2CCCCC2CC)cc1. The normalized spacial score (nSPS) is 18.3. The molecule has 1 aromatic rings. The van der Waals surface area contributed by atoms with Crippen molar-refractivity contribution in [3.8, 4) is 0 Å². The number of hydrogen-bond acceptors (Lipinski definition) is 2. The van der Waals surface area contributed by atoms with Gasteiger partial charge in [-0.3, -0.25) is 9.59 Å². The summed E-state index contributed by atoms with van der Waals surface area (Å²) in [6.07, 6.45) is 5.14. The third-order valence-electron chi connectivity index (χ3n) is 5.08. The second kappa shape index (κ2) is 7.82. The van der Waals surface area contributed by atoms with Gasteiger partial charge in [0.05, 0.1) is 0 Å². The van der Waals surface area contributed by atoms with E-state index < -0.39 is 5.41 Å². The molecule has 1 aliphatic rings. The first kappa shape index (κ1) is 18.5. The maximum absolute atomic E-state index is 13.0. The number of benzene rings is 1. The summed E-state index contributed by atoms with van der Waals surface area (Å²) in [4.78, 5) is 27.6. The van der Waals surface area contributed by atoms with Gasteiger partial charge >= 0.3 is 0 Å². The number of nitrogens with one attached hydrogen (secondary N) is 1. The molecule has 1 unspecified atom stereocenters. The first-order chi connectivity index (χ1) is 11.4. The maximum atomic E-state index is 13.0. The quantitative estimate of drug-likeness (QED) is 0.830. The van der Waals surface area contributed by atoms with Gasteiger partial charge in [-0.15, -0.1) is 0 Å². The molecular weight excluding hydrogens is 300 g/mol. The molecule has 0 saturated carbocycles. The Kier molecular flexibility index (Phi) is 6.03. The van der Waals surface area contributed by atoms with E-state index in [-0.39, 0.29) is 17.9 Å². The molecule has 0 spiro atoms. The molecule has 1 atom stereocenters. The summed E-state index contributed by atoms with van der Waals surface area (Å²) in [5.74, 6) is -0.297. The molecule has 0 aromatic heterocycles. The average Bonchev–Trinajstić information content (AvgIpc) is 2.61. The number of aryl methyl sites for hydroxylation is 1. The minimum Gasteiger partial charge on any atom is -0.339 e. The summed E-state index contributed by atoms with van der Waals surface area (Å²) < 4.78 is 0. The van der Waals surface area contributed by atoms with Gasteiger partial charge in [0.2, 0.25) is 11.8 Å². The van der Waals surface area contributed by atoms with Gasteiger partial charge in [0.15, 0.2) is 0 Å². The Labute approximate surface area is 145 Å². The zero-order chi connectivity index (χ0) is 17.7. The van der Waals surface area contributed by atoms with E-state index in [0.717, 1.165) is 37.9 Å². The molecule has 132 valence electrons. The van der Waals surface area contributed by atoms with Crippen molar-refractivity contribution in [1.82, 2.24) is 4.90 Å². The van der Waals surface area contributed by atoms with Crippen LogP contribution in [0.15, 0.2) is 24.3 Å². The highest BCUT2D eigenvalue weighted by atomic mass is 16.2. The molecule has 0 aliphatic carbocycles. The lowest BCUT2D eigenvalue weighted by molar-refractivity contribution is -0.149. The molecule has 0 radical (unpaired) electrons. The predicted molar refractivity (Wildman–Crippen MR) is 97.9 cm³/mol. The first-order valence-corrected chi connectivity index (χ1v) is 9.11. The van der Waals surface area contributed by atoms with Crippen molar-refractivity contribution in [1.29, 1.82) is 0 Å². The van der Waals surface area contributed by atoms with Crippen LogP contribution in [0.1, 0.15) is 58.9 Å². The largest absolute Gasteiger partial charge is 0.339 e. The van der Waals surface area contributed by atoms with E-state index in [1.807, 2.05) is 29.2 Å².